The number of pyridine rings is 1. The van der Waals surface area contributed by atoms with E-state index >= 15 is 0 Å². The van der Waals surface area contributed by atoms with Crippen LogP contribution in [0.15, 0.2) is 29.6 Å². The summed E-state index contributed by atoms with van der Waals surface area (Å²) in [6, 6.07) is 2.59. The van der Waals surface area contributed by atoms with Crippen LogP contribution in [0.2, 0.25) is 0 Å². The van der Waals surface area contributed by atoms with Crippen LogP contribution in [0, 0.1) is 24.4 Å². The van der Waals surface area contributed by atoms with Gasteiger partial charge in [-0.05, 0) is 31.4 Å². The monoisotopic (exact) mass is 469 g/mol. The lowest BCUT2D eigenvalue weighted by molar-refractivity contribution is 0.0822. The van der Waals surface area contributed by atoms with Gasteiger partial charge in [0.15, 0.2) is 6.10 Å². The third kappa shape index (κ3) is 5.04. The van der Waals surface area contributed by atoms with Crippen molar-refractivity contribution >= 4 is 15.9 Å². The maximum atomic E-state index is 14.4. The second kappa shape index (κ2) is 8.70. The quantitative estimate of drug-likeness (QED) is 0.721. The first kappa shape index (κ1) is 22.5. The second-order valence-corrected chi connectivity index (χ2v) is 9.89. The SMILES string of the molecule is Cc1cnc([C@@H]2CC(O[C@@H]3CC[C@H](NS(C)(=O)=O)C3)=NO2)c(-c2c(F)cc(F)cc2F)c1. The van der Waals surface area contributed by atoms with E-state index in [0.717, 1.165) is 6.26 Å². The summed E-state index contributed by atoms with van der Waals surface area (Å²) < 4.78 is 73.5. The fourth-order valence-electron chi connectivity index (χ4n) is 4.06. The Morgan fingerprint density at radius 3 is 2.56 bits per heavy atom. The Morgan fingerprint density at radius 2 is 1.88 bits per heavy atom. The number of nitrogens with one attached hydrogen (secondary N) is 1. The summed E-state index contributed by atoms with van der Waals surface area (Å²) in [6.07, 6.45) is 3.66. The number of halogens is 3. The highest BCUT2D eigenvalue weighted by Gasteiger charge is 2.34. The Kier molecular flexibility index (Phi) is 6.13. The number of aromatic nitrogens is 1. The number of oxime groups is 1. The molecule has 1 aromatic carbocycles. The first-order valence-electron chi connectivity index (χ1n) is 10.1. The zero-order valence-electron chi connectivity index (χ0n) is 17.4. The Labute approximate surface area is 183 Å². The average molecular weight is 469 g/mol. The van der Waals surface area contributed by atoms with Crippen LogP contribution in [0.4, 0.5) is 13.2 Å². The topological polar surface area (TPSA) is 89.9 Å². The molecule has 2 heterocycles. The molecular weight excluding hydrogens is 447 g/mol. The van der Waals surface area contributed by atoms with Gasteiger partial charge in [-0.2, -0.15) is 0 Å². The third-order valence-electron chi connectivity index (χ3n) is 5.35. The van der Waals surface area contributed by atoms with Gasteiger partial charge in [-0.1, -0.05) is 5.16 Å². The maximum Gasteiger partial charge on any atom is 0.230 e. The lowest BCUT2D eigenvalue weighted by atomic mass is 9.97. The van der Waals surface area contributed by atoms with E-state index in [-0.39, 0.29) is 35.4 Å². The van der Waals surface area contributed by atoms with Gasteiger partial charge < -0.3 is 9.57 Å². The van der Waals surface area contributed by atoms with Crippen molar-refractivity contribution in [2.45, 2.75) is 50.9 Å². The summed E-state index contributed by atoms with van der Waals surface area (Å²) in [7, 11) is -3.30. The first-order chi connectivity index (χ1) is 15.1. The summed E-state index contributed by atoms with van der Waals surface area (Å²) >= 11 is 0. The minimum absolute atomic E-state index is 0.153. The number of hydrogen-bond donors (Lipinski definition) is 1. The lowest BCUT2D eigenvalue weighted by Crippen LogP contribution is -2.32. The molecule has 32 heavy (non-hydrogen) atoms. The molecule has 2 aliphatic rings. The number of ether oxygens (including phenoxy) is 1. The molecular formula is C21H22F3N3O4S. The number of aryl methyl sites for hydroxylation is 1. The average Bonchev–Trinajstić information content (AvgIpc) is 3.29. The number of rotatable bonds is 5. The number of hydrogen-bond acceptors (Lipinski definition) is 6. The minimum Gasteiger partial charge on any atom is -0.475 e. The summed E-state index contributed by atoms with van der Waals surface area (Å²) in [6.45, 7) is 1.72. The van der Waals surface area contributed by atoms with Crippen molar-refractivity contribution in [3.8, 4) is 11.1 Å². The zero-order valence-corrected chi connectivity index (χ0v) is 18.3. The Morgan fingerprint density at radius 1 is 1.16 bits per heavy atom. The highest BCUT2D eigenvalue weighted by atomic mass is 32.2. The lowest BCUT2D eigenvalue weighted by Gasteiger charge is -2.16. The summed E-state index contributed by atoms with van der Waals surface area (Å²) in [5, 5.41) is 3.94. The van der Waals surface area contributed by atoms with Gasteiger partial charge in [-0.15, -0.1) is 0 Å². The van der Waals surface area contributed by atoms with Crippen LogP contribution < -0.4 is 4.72 Å². The zero-order chi connectivity index (χ0) is 23.0. The summed E-state index contributed by atoms with van der Waals surface area (Å²) in [5.41, 5.74) is 0.684. The van der Waals surface area contributed by atoms with Gasteiger partial charge in [0, 0.05) is 36.4 Å². The van der Waals surface area contributed by atoms with E-state index < -0.39 is 33.6 Å². The van der Waals surface area contributed by atoms with E-state index in [4.69, 9.17) is 9.57 Å². The molecule has 1 fully saturated rings. The Hall–Kier alpha value is -2.66. The van der Waals surface area contributed by atoms with Gasteiger partial charge >= 0.3 is 0 Å². The van der Waals surface area contributed by atoms with Gasteiger partial charge in [0.1, 0.15) is 23.6 Å². The fraction of sp³-hybridized carbons (Fsp3) is 0.429. The highest BCUT2D eigenvalue weighted by molar-refractivity contribution is 7.88. The predicted molar refractivity (Wildman–Crippen MR) is 111 cm³/mol. The van der Waals surface area contributed by atoms with E-state index in [1.54, 1.807) is 19.2 Å². The van der Waals surface area contributed by atoms with Crippen molar-refractivity contribution in [2.24, 2.45) is 5.16 Å². The van der Waals surface area contributed by atoms with Gasteiger partial charge in [0.2, 0.25) is 15.9 Å². The molecule has 0 radical (unpaired) electrons. The van der Waals surface area contributed by atoms with E-state index in [0.29, 0.717) is 42.9 Å². The van der Waals surface area contributed by atoms with Crippen LogP contribution in [0.25, 0.3) is 11.1 Å². The van der Waals surface area contributed by atoms with Crippen molar-refractivity contribution in [3.05, 3.63) is 53.1 Å². The molecule has 172 valence electrons. The van der Waals surface area contributed by atoms with Crippen LogP contribution in [-0.4, -0.2) is 37.7 Å². The Balaban J connectivity index is 1.49. The molecule has 4 rings (SSSR count). The van der Waals surface area contributed by atoms with Crippen LogP contribution in [0.5, 0.6) is 0 Å². The largest absolute Gasteiger partial charge is 0.475 e. The molecule has 1 aromatic heterocycles. The van der Waals surface area contributed by atoms with Gasteiger partial charge in [0.25, 0.3) is 0 Å². The predicted octanol–water partition coefficient (Wildman–Crippen LogP) is 3.74. The highest BCUT2D eigenvalue weighted by Crippen LogP contribution is 2.37. The standard InChI is InChI=1S/C21H22F3N3O4S/c1-11-5-15(20-16(23)6-12(22)7-17(20)24)21(25-10-11)18-9-19(26-31-18)30-14-4-3-13(8-14)27-32(2,28)29/h5-7,10,13-14,18,27H,3-4,8-9H2,1-2H3/t13-,14+,18-/m0/s1. The molecule has 0 spiro atoms. The number of nitrogens with zero attached hydrogens (tertiary/aromatic N) is 2. The van der Waals surface area contributed by atoms with Gasteiger partial charge in [-0.3, -0.25) is 4.98 Å². The van der Waals surface area contributed by atoms with E-state index in [2.05, 4.69) is 14.9 Å². The molecule has 0 bridgehead atoms. The summed E-state index contributed by atoms with van der Waals surface area (Å²) in [4.78, 5) is 9.75. The van der Waals surface area contributed by atoms with E-state index in [1.165, 1.54) is 0 Å². The Bertz CT molecular complexity index is 1150. The minimum atomic E-state index is -3.30. The fourth-order valence-corrected chi connectivity index (χ4v) is 4.88. The van der Waals surface area contributed by atoms with E-state index in [1.807, 2.05) is 0 Å². The molecule has 1 aliphatic heterocycles. The molecule has 2 aromatic rings. The van der Waals surface area contributed by atoms with Gasteiger partial charge in [0.05, 0.1) is 23.9 Å². The molecule has 0 saturated heterocycles. The van der Waals surface area contributed by atoms with Crippen LogP contribution in [0.3, 0.4) is 0 Å². The number of sulfonamides is 1. The molecule has 1 saturated carbocycles. The first-order valence-corrected chi connectivity index (χ1v) is 12.0. The molecule has 3 atom stereocenters. The van der Waals surface area contributed by atoms with Crippen molar-refractivity contribution in [1.29, 1.82) is 0 Å². The molecule has 11 heteroatoms. The normalized spacial score (nSPS) is 23.2. The third-order valence-corrected chi connectivity index (χ3v) is 6.11. The van der Waals surface area contributed by atoms with Crippen molar-refractivity contribution in [2.75, 3.05) is 6.26 Å². The smallest absolute Gasteiger partial charge is 0.230 e. The molecule has 1 aliphatic carbocycles. The van der Waals surface area contributed by atoms with Crippen LogP contribution in [-0.2, 0) is 19.6 Å². The summed E-state index contributed by atoms with van der Waals surface area (Å²) in [5.74, 6) is -2.79. The van der Waals surface area contributed by atoms with Crippen molar-refractivity contribution in [1.82, 2.24) is 9.71 Å². The molecule has 7 nitrogen and oxygen atoms in total. The van der Waals surface area contributed by atoms with E-state index in [9.17, 15) is 21.6 Å². The second-order valence-electron chi connectivity index (χ2n) is 8.11. The van der Waals surface area contributed by atoms with Crippen LogP contribution >= 0.6 is 0 Å². The molecule has 1 N–H and O–H groups in total. The maximum absolute atomic E-state index is 14.4. The van der Waals surface area contributed by atoms with Crippen LogP contribution in [0.1, 0.15) is 43.0 Å². The van der Waals surface area contributed by atoms with Crippen molar-refractivity contribution in [3.63, 3.8) is 0 Å². The van der Waals surface area contributed by atoms with Crippen molar-refractivity contribution < 1.29 is 31.2 Å². The van der Waals surface area contributed by atoms with Gasteiger partial charge in [-0.25, -0.2) is 26.3 Å². The molecule has 0 amide bonds. The molecule has 0 unspecified atom stereocenters. The number of benzene rings is 1.